The molecule has 0 aromatic heterocycles. The van der Waals surface area contributed by atoms with Crippen LogP contribution in [0.25, 0.3) is 0 Å². The highest BCUT2D eigenvalue weighted by atomic mass is 16.2. The van der Waals surface area contributed by atoms with Crippen LogP contribution < -0.4 is 5.32 Å². The van der Waals surface area contributed by atoms with E-state index in [1.165, 1.54) is 11.1 Å². The van der Waals surface area contributed by atoms with Crippen LogP contribution in [0.1, 0.15) is 72.2 Å². The minimum absolute atomic E-state index is 0.0190. The monoisotopic (exact) mass is 431 g/mol. The number of nitrogens with one attached hydrogen (secondary N) is 1. The van der Waals surface area contributed by atoms with E-state index in [0.29, 0.717) is 12.5 Å². The molecule has 5 rings (SSSR count). The molecule has 32 heavy (non-hydrogen) atoms. The van der Waals surface area contributed by atoms with Gasteiger partial charge in [-0.15, -0.1) is 0 Å². The maximum Gasteiger partial charge on any atom is 0.254 e. The van der Waals surface area contributed by atoms with Crippen LogP contribution in [-0.4, -0.2) is 47.3 Å². The van der Waals surface area contributed by atoms with Crippen LogP contribution in [0.4, 0.5) is 0 Å². The van der Waals surface area contributed by atoms with E-state index in [-0.39, 0.29) is 30.0 Å². The summed E-state index contributed by atoms with van der Waals surface area (Å²) in [6.07, 6.45) is 3.89. The van der Waals surface area contributed by atoms with Crippen molar-refractivity contribution in [1.29, 1.82) is 0 Å². The average molecular weight is 432 g/mol. The first-order valence-electron chi connectivity index (χ1n) is 12.1. The second kappa shape index (κ2) is 8.70. The predicted molar refractivity (Wildman–Crippen MR) is 125 cm³/mol. The number of hydrogen-bond acceptors (Lipinski definition) is 3. The molecule has 168 valence electrons. The lowest BCUT2D eigenvalue weighted by molar-refractivity contribution is -0.145. The van der Waals surface area contributed by atoms with E-state index in [1.807, 2.05) is 36.1 Å². The third-order valence-corrected chi connectivity index (χ3v) is 7.76. The first kappa shape index (κ1) is 21.2. The van der Waals surface area contributed by atoms with Gasteiger partial charge in [0.15, 0.2) is 0 Å². The van der Waals surface area contributed by atoms with Gasteiger partial charge >= 0.3 is 0 Å². The van der Waals surface area contributed by atoms with E-state index in [2.05, 4.69) is 41.4 Å². The van der Waals surface area contributed by atoms with Crippen LogP contribution in [0.5, 0.6) is 0 Å². The summed E-state index contributed by atoms with van der Waals surface area (Å²) in [6.45, 7) is 6.55. The fraction of sp³-hybridized carbons (Fsp3) is 0.481. The van der Waals surface area contributed by atoms with Gasteiger partial charge in [0, 0.05) is 24.7 Å². The zero-order valence-corrected chi connectivity index (χ0v) is 19.1. The third-order valence-electron chi connectivity index (χ3n) is 7.76. The summed E-state index contributed by atoms with van der Waals surface area (Å²) >= 11 is 0. The van der Waals surface area contributed by atoms with Gasteiger partial charge in [0.2, 0.25) is 5.91 Å². The number of carbonyl (C=O) groups is 2. The molecule has 0 spiro atoms. The Morgan fingerprint density at radius 3 is 2.81 bits per heavy atom. The summed E-state index contributed by atoms with van der Waals surface area (Å²) in [7, 11) is 0. The van der Waals surface area contributed by atoms with Crippen molar-refractivity contribution in [2.45, 2.75) is 57.7 Å². The second-order valence-electron chi connectivity index (χ2n) is 9.43. The quantitative estimate of drug-likeness (QED) is 0.793. The molecule has 3 heterocycles. The highest BCUT2D eigenvalue weighted by Gasteiger charge is 2.45. The summed E-state index contributed by atoms with van der Waals surface area (Å²) in [4.78, 5) is 30.6. The number of fused-ring (bicyclic) bond motifs is 4. The third kappa shape index (κ3) is 3.62. The summed E-state index contributed by atoms with van der Waals surface area (Å²) in [5, 5.41) is 3.59. The van der Waals surface area contributed by atoms with Crippen LogP contribution in [0.2, 0.25) is 0 Å². The topological polar surface area (TPSA) is 52.7 Å². The first-order chi connectivity index (χ1) is 15.6. The minimum Gasteiger partial charge on any atom is -0.335 e. The molecule has 3 aliphatic rings. The Balaban J connectivity index is 1.39. The van der Waals surface area contributed by atoms with Crippen LogP contribution in [-0.2, 0) is 11.2 Å². The van der Waals surface area contributed by atoms with Crippen molar-refractivity contribution < 1.29 is 9.59 Å². The lowest BCUT2D eigenvalue weighted by atomic mass is 9.77. The highest BCUT2D eigenvalue weighted by Crippen LogP contribution is 2.41. The van der Waals surface area contributed by atoms with Crippen LogP contribution in [0.15, 0.2) is 48.5 Å². The largest absolute Gasteiger partial charge is 0.335 e. The molecular weight excluding hydrogens is 398 g/mol. The molecule has 0 aliphatic carbocycles. The van der Waals surface area contributed by atoms with Crippen molar-refractivity contribution in [1.82, 2.24) is 15.1 Å². The van der Waals surface area contributed by atoms with E-state index in [9.17, 15) is 9.59 Å². The number of benzene rings is 2. The van der Waals surface area contributed by atoms with Crippen LogP contribution in [0.3, 0.4) is 0 Å². The smallest absolute Gasteiger partial charge is 0.254 e. The van der Waals surface area contributed by atoms with Crippen molar-refractivity contribution in [2.75, 3.05) is 19.6 Å². The van der Waals surface area contributed by atoms with Crippen LogP contribution in [0, 0.1) is 5.92 Å². The summed E-state index contributed by atoms with van der Waals surface area (Å²) in [5.74, 6) is 0.529. The Hall–Kier alpha value is -2.66. The molecule has 5 nitrogen and oxygen atoms in total. The summed E-state index contributed by atoms with van der Waals surface area (Å²) in [6, 6.07) is 16.8. The van der Waals surface area contributed by atoms with Gasteiger partial charge in [-0.25, -0.2) is 0 Å². The zero-order valence-electron chi connectivity index (χ0n) is 19.1. The van der Waals surface area contributed by atoms with Crippen molar-refractivity contribution in [3.63, 3.8) is 0 Å². The van der Waals surface area contributed by atoms with Gasteiger partial charge in [-0.05, 0) is 74.9 Å². The number of amides is 2. The van der Waals surface area contributed by atoms with Crippen molar-refractivity contribution in [3.8, 4) is 0 Å². The molecular formula is C27H33N3O2. The molecule has 2 aromatic carbocycles. The second-order valence-corrected chi connectivity index (χ2v) is 9.43. The van der Waals surface area contributed by atoms with Crippen molar-refractivity contribution in [2.24, 2.45) is 5.92 Å². The number of nitrogens with zero attached hydrogens (tertiary/aromatic N) is 2. The van der Waals surface area contributed by atoms with Gasteiger partial charge in [-0.1, -0.05) is 36.4 Å². The molecule has 3 aliphatic heterocycles. The molecule has 1 N–H and O–H groups in total. The Kier molecular flexibility index (Phi) is 5.76. The maximum atomic E-state index is 13.5. The fourth-order valence-corrected chi connectivity index (χ4v) is 5.98. The number of rotatable bonds is 4. The van der Waals surface area contributed by atoms with E-state index >= 15 is 0 Å². The molecule has 4 atom stereocenters. The SMILES string of the molecule is CCN(C(=O)c1ccc2c(c1)CCN1C(=O)[C@H]3CCCN[C@H]3C[C@@H]21)[C@H](C)c1ccccc1. The van der Waals surface area contributed by atoms with Crippen LogP contribution >= 0.6 is 0 Å². The van der Waals surface area contributed by atoms with Gasteiger partial charge in [0.25, 0.3) is 5.91 Å². The van der Waals surface area contributed by atoms with E-state index in [0.717, 1.165) is 49.9 Å². The molecule has 2 saturated heterocycles. The Morgan fingerprint density at radius 1 is 1.22 bits per heavy atom. The fourth-order valence-electron chi connectivity index (χ4n) is 5.98. The normalized spacial score (nSPS) is 25.4. The average Bonchev–Trinajstić information content (AvgIpc) is 2.84. The first-order valence-corrected chi connectivity index (χ1v) is 12.1. The molecule has 0 bridgehead atoms. The lowest BCUT2D eigenvalue weighted by Gasteiger charge is -2.48. The minimum atomic E-state index is 0.0190. The van der Waals surface area contributed by atoms with Crippen molar-refractivity contribution in [3.05, 3.63) is 70.8 Å². The number of piperidine rings is 2. The summed E-state index contributed by atoms with van der Waals surface area (Å²) < 4.78 is 0. The molecule has 5 heteroatoms. The highest BCUT2D eigenvalue weighted by molar-refractivity contribution is 5.95. The predicted octanol–water partition coefficient (Wildman–Crippen LogP) is 4.11. The molecule has 2 aromatic rings. The lowest BCUT2D eigenvalue weighted by Crippen LogP contribution is -2.57. The van der Waals surface area contributed by atoms with Crippen molar-refractivity contribution >= 4 is 11.8 Å². The Morgan fingerprint density at radius 2 is 2.03 bits per heavy atom. The zero-order chi connectivity index (χ0) is 22.2. The van der Waals surface area contributed by atoms with Gasteiger partial charge in [0.05, 0.1) is 18.0 Å². The van der Waals surface area contributed by atoms with E-state index < -0.39 is 0 Å². The van der Waals surface area contributed by atoms with Gasteiger partial charge in [-0.2, -0.15) is 0 Å². The molecule has 0 unspecified atom stereocenters. The molecule has 0 radical (unpaired) electrons. The van der Waals surface area contributed by atoms with E-state index in [1.54, 1.807) is 0 Å². The number of carbonyl (C=O) groups excluding carboxylic acids is 2. The van der Waals surface area contributed by atoms with E-state index in [4.69, 9.17) is 0 Å². The Bertz CT molecular complexity index is 1010. The summed E-state index contributed by atoms with van der Waals surface area (Å²) in [5.41, 5.74) is 4.35. The van der Waals surface area contributed by atoms with Gasteiger partial charge < -0.3 is 15.1 Å². The number of hydrogen-bond donors (Lipinski definition) is 1. The van der Waals surface area contributed by atoms with Gasteiger partial charge in [-0.3, -0.25) is 9.59 Å². The Labute approximate surface area is 190 Å². The molecule has 0 saturated carbocycles. The molecule has 2 amide bonds. The maximum absolute atomic E-state index is 13.5. The molecule has 2 fully saturated rings. The van der Waals surface area contributed by atoms with Gasteiger partial charge in [0.1, 0.15) is 0 Å². The standard InChI is InChI=1S/C27H33N3O2/c1-3-29(18(2)19-8-5-4-6-9-19)26(31)21-11-12-22-20(16-21)13-15-30-25(22)17-24-23(27(30)32)10-7-14-28-24/h4-6,8-9,11-12,16,18,23-25,28H,3,7,10,13-15,17H2,1-2H3/t18-,23+,24+,25+/m1/s1.